The van der Waals surface area contributed by atoms with E-state index in [-0.39, 0.29) is 0 Å². The molecule has 4 heteroatoms. The molecule has 0 bridgehead atoms. The van der Waals surface area contributed by atoms with Crippen molar-refractivity contribution >= 4 is 21.9 Å². The summed E-state index contributed by atoms with van der Waals surface area (Å²) in [7, 11) is 0. The Morgan fingerprint density at radius 3 is 1.55 bits per heavy atom. The largest absolute Gasteiger partial charge is 0.455 e. The Labute approximate surface area is 284 Å². The van der Waals surface area contributed by atoms with E-state index in [0.717, 1.165) is 83.7 Å². The SMILES string of the molecule is c1ccc(-c2cc(-c3ccccc3)c3oc4cccc(-c5ccc(-c6cc(-c7ccccn7)nc(-c7ccccn7)c6)cc5)c4c3c2)cc1. The third-order valence-electron chi connectivity index (χ3n) is 9.00. The van der Waals surface area contributed by atoms with Gasteiger partial charge in [-0.2, -0.15) is 0 Å². The molecule has 9 aromatic rings. The van der Waals surface area contributed by atoms with Gasteiger partial charge >= 0.3 is 0 Å². The van der Waals surface area contributed by atoms with Crippen molar-refractivity contribution in [3.63, 3.8) is 0 Å². The summed E-state index contributed by atoms with van der Waals surface area (Å²) in [5.41, 5.74) is 13.9. The van der Waals surface area contributed by atoms with E-state index in [2.05, 4.69) is 131 Å². The van der Waals surface area contributed by atoms with Gasteiger partial charge in [0.1, 0.15) is 11.2 Å². The summed E-state index contributed by atoms with van der Waals surface area (Å²) in [5.74, 6) is 0. The van der Waals surface area contributed by atoms with Gasteiger partial charge in [0.05, 0.1) is 22.8 Å². The first-order valence-corrected chi connectivity index (χ1v) is 16.3. The molecule has 0 fully saturated rings. The summed E-state index contributed by atoms with van der Waals surface area (Å²) >= 11 is 0. The fourth-order valence-electron chi connectivity index (χ4n) is 6.63. The van der Waals surface area contributed by atoms with Gasteiger partial charge in [0.25, 0.3) is 0 Å². The minimum atomic E-state index is 0.806. The van der Waals surface area contributed by atoms with Crippen LogP contribution in [-0.2, 0) is 0 Å². The van der Waals surface area contributed by atoms with E-state index in [1.165, 1.54) is 5.56 Å². The third kappa shape index (κ3) is 5.35. The molecule has 0 saturated heterocycles. The summed E-state index contributed by atoms with van der Waals surface area (Å²) in [6, 6.07) is 56.6. The molecule has 0 aliphatic rings. The smallest absolute Gasteiger partial charge is 0.143 e. The lowest BCUT2D eigenvalue weighted by Crippen LogP contribution is -1.94. The van der Waals surface area contributed by atoms with E-state index in [1.54, 1.807) is 12.4 Å². The molecule has 4 nitrogen and oxygen atoms in total. The molecule has 230 valence electrons. The highest BCUT2D eigenvalue weighted by Crippen LogP contribution is 2.43. The summed E-state index contributed by atoms with van der Waals surface area (Å²) in [6.07, 6.45) is 3.59. The minimum absolute atomic E-state index is 0.806. The highest BCUT2D eigenvalue weighted by atomic mass is 16.3. The zero-order valence-electron chi connectivity index (χ0n) is 26.5. The maximum absolute atomic E-state index is 6.68. The van der Waals surface area contributed by atoms with Crippen molar-refractivity contribution in [2.75, 3.05) is 0 Å². The van der Waals surface area contributed by atoms with E-state index in [1.807, 2.05) is 42.5 Å². The number of furan rings is 1. The van der Waals surface area contributed by atoms with Crippen LogP contribution in [0.3, 0.4) is 0 Å². The Balaban J connectivity index is 1.19. The van der Waals surface area contributed by atoms with Crippen molar-refractivity contribution in [2.45, 2.75) is 0 Å². The number of rotatable bonds is 6. The van der Waals surface area contributed by atoms with Crippen molar-refractivity contribution in [3.05, 3.63) is 176 Å². The summed E-state index contributed by atoms with van der Waals surface area (Å²) in [4.78, 5) is 14.1. The zero-order valence-corrected chi connectivity index (χ0v) is 26.5. The second kappa shape index (κ2) is 12.2. The standard InChI is InChI=1S/C45H29N3O/c1-3-12-30(13-4-1)34-26-37(32-14-5-2-6-15-32)45-38(27-34)44-36(16-11-19-43(44)49-45)33-22-20-31(21-23-33)35-28-41(39-17-7-9-24-46-39)48-42(29-35)40-18-8-10-25-47-40/h1-29H. The van der Waals surface area contributed by atoms with Gasteiger partial charge < -0.3 is 4.42 Å². The van der Waals surface area contributed by atoms with Crippen molar-refractivity contribution in [2.24, 2.45) is 0 Å². The number of pyridine rings is 3. The van der Waals surface area contributed by atoms with Crippen LogP contribution in [0.25, 0.3) is 89.2 Å². The van der Waals surface area contributed by atoms with E-state index in [9.17, 15) is 0 Å². The molecule has 0 amide bonds. The number of nitrogens with zero attached hydrogens (tertiary/aromatic N) is 3. The lowest BCUT2D eigenvalue weighted by atomic mass is 9.93. The maximum Gasteiger partial charge on any atom is 0.143 e. The molecule has 0 unspecified atom stereocenters. The Kier molecular flexibility index (Phi) is 7.10. The lowest BCUT2D eigenvalue weighted by Gasteiger charge is -2.11. The van der Waals surface area contributed by atoms with Gasteiger partial charge in [0.15, 0.2) is 0 Å². The quantitative estimate of drug-likeness (QED) is 0.184. The van der Waals surface area contributed by atoms with Crippen LogP contribution >= 0.6 is 0 Å². The van der Waals surface area contributed by atoms with E-state index < -0.39 is 0 Å². The predicted octanol–water partition coefficient (Wildman–Crippen LogP) is 11.8. The summed E-state index contributed by atoms with van der Waals surface area (Å²) in [6.45, 7) is 0. The highest BCUT2D eigenvalue weighted by molar-refractivity contribution is 6.16. The summed E-state index contributed by atoms with van der Waals surface area (Å²) in [5, 5.41) is 2.21. The lowest BCUT2D eigenvalue weighted by molar-refractivity contribution is 0.670. The Bertz CT molecular complexity index is 2500. The van der Waals surface area contributed by atoms with Gasteiger partial charge in [-0.1, -0.05) is 109 Å². The van der Waals surface area contributed by atoms with E-state index in [0.29, 0.717) is 0 Å². The molecule has 0 spiro atoms. The molecule has 4 heterocycles. The zero-order chi connectivity index (χ0) is 32.6. The number of aromatic nitrogens is 3. The molecule has 9 rings (SSSR count). The second-order valence-electron chi connectivity index (χ2n) is 12.0. The molecule has 5 aromatic carbocycles. The van der Waals surface area contributed by atoms with Gasteiger partial charge in [0.2, 0.25) is 0 Å². The van der Waals surface area contributed by atoms with Gasteiger partial charge in [-0.25, -0.2) is 4.98 Å². The molecule has 4 aromatic heterocycles. The van der Waals surface area contributed by atoms with Crippen LogP contribution in [-0.4, -0.2) is 15.0 Å². The summed E-state index contributed by atoms with van der Waals surface area (Å²) < 4.78 is 6.68. The monoisotopic (exact) mass is 627 g/mol. The Morgan fingerprint density at radius 2 is 0.918 bits per heavy atom. The van der Waals surface area contributed by atoms with Crippen molar-refractivity contribution in [3.8, 4) is 67.3 Å². The van der Waals surface area contributed by atoms with Crippen LogP contribution in [0.15, 0.2) is 181 Å². The van der Waals surface area contributed by atoms with Crippen LogP contribution in [0, 0.1) is 0 Å². The van der Waals surface area contributed by atoms with E-state index >= 15 is 0 Å². The maximum atomic E-state index is 6.68. The van der Waals surface area contributed by atoms with Gasteiger partial charge in [-0.05, 0) is 93.5 Å². The molecule has 49 heavy (non-hydrogen) atoms. The van der Waals surface area contributed by atoms with Crippen LogP contribution in [0.1, 0.15) is 0 Å². The first-order valence-electron chi connectivity index (χ1n) is 16.3. The molecule has 0 radical (unpaired) electrons. The number of fused-ring (bicyclic) bond motifs is 3. The van der Waals surface area contributed by atoms with Gasteiger partial charge in [0, 0.05) is 28.7 Å². The Morgan fingerprint density at radius 1 is 0.367 bits per heavy atom. The van der Waals surface area contributed by atoms with Gasteiger partial charge in [-0.3, -0.25) is 9.97 Å². The predicted molar refractivity (Wildman–Crippen MR) is 200 cm³/mol. The molecule has 0 aliphatic heterocycles. The van der Waals surface area contributed by atoms with E-state index in [4.69, 9.17) is 9.40 Å². The minimum Gasteiger partial charge on any atom is -0.455 e. The normalized spacial score (nSPS) is 11.3. The molecule has 0 N–H and O–H groups in total. The Hall–Kier alpha value is -6.65. The number of benzene rings is 5. The highest BCUT2D eigenvalue weighted by Gasteiger charge is 2.18. The van der Waals surface area contributed by atoms with Crippen LogP contribution in [0.2, 0.25) is 0 Å². The fraction of sp³-hybridized carbons (Fsp3) is 0. The topological polar surface area (TPSA) is 51.8 Å². The molecule has 0 atom stereocenters. The number of hydrogen-bond acceptors (Lipinski definition) is 4. The first kappa shape index (κ1) is 28.6. The molecular formula is C45H29N3O. The van der Waals surface area contributed by atoms with Crippen molar-refractivity contribution in [1.29, 1.82) is 0 Å². The molecule has 0 saturated carbocycles. The van der Waals surface area contributed by atoms with Gasteiger partial charge in [-0.15, -0.1) is 0 Å². The number of hydrogen-bond donors (Lipinski definition) is 0. The average molecular weight is 628 g/mol. The molecule has 0 aliphatic carbocycles. The second-order valence-corrected chi connectivity index (χ2v) is 12.0. The third-order valence-corrected chi connectivity index (χ3v) is 9.00. The van der Waals surface area contributed by atoms with Crippen molar-refractivity contribution in [1.82, 2.24) is 15.0 Å². The van der Waals surface area contributed by atoms with Crippen LogP contribution in [0.4, 0.5) is 0 Å². The average Bonchev–Trinajstić information content (AvgIpc) is 3.58. The van der Waals surface area contributed by atoms with Crippen LogP contribution in [0.5, 0.6) is 0 Å². The molecular weight excluding hydrogens is 599 g/mol. The fourth-order valence-corrected chi connectivity index (χ4v) is 6.63. The first-order chi connectivity index (χ1) is 24.3. The van der Waals surface area contributed by atoms with Crippen molar-refractivity contribution < 1.29 is 4.42 Å². The van der Waals surface area contributed by atoms with Crippen LogP contribution < -0.4 is 0 Å².